The predicted molar refractivity (Wildman–Crippen MR) is 96.3 cm³/mol. The molecule has 0 bridgehead atoms. The highest BCUT2D eigenvalue weighted by molar-refractivity contribution is 7.03. The third-order valence-corrected chi connectivity index (χ3v) is 5.10. The summed E-state index contributed by atoms with van der Waals surface area (Å²) in [6.45, 7) is 1.59. The minimum absolute atomic E-state index is 0.0271. The zero-order valence-corrected chi connectivity index (χ0v) is 14.4. The zero-order valence-electron chi connectivity index (χ0n) is 13.6. The fourth-order valence-corrected chi connectivity index (χ4v) is 3.65. The van der Waals surface area contributed by atoms with E-state index in [1.165, 1.54) is 11.5 Å². The first-order chi connectivity index (χ1) is 12.3. The lowest BCUT2D eigenvalue weighted by Gasteiger charge is -2.36. The molecule has 7 nitrogen and oxygen atoms in total. The Kier molecular flexibility index (Phi) is 4.29. The van der Waals surface area contributed by atoms with Gasteiger partial charge in [-0.25, -0.2) is 0 Å². The van der Waals surface area contributed by atoms with Crippen molar-refractivity contribution in [3.05, 3.63) is 48.1 Å². The molecule has 1 saturated heterocycles. The minimum atomic E-state index is -0.647. The first-order valence-corrected chi connectivity index (χ1v) is 9.01. The summed E-state index contributed by atoms with van der Waals surface area (Å²) < 4.78 is 5.66. The van der Waals surface area contributed by atoms with Crippen molar-refractivity contribution >= 4 is 23.1 Å². The lowest BCUT2D eigenvalue weighted by Crippen LogP contribution is -2.52. The molecule has 128 valence electrons. The van der Waals surface area contributed by atoms with Gasteiger partial charge in [0.2, 0.25) is 0 Å². The molecule has 0 spiro atoms. The number of carbonyl (C=O) groups excluding carboxylic acids is 1. The van der Waals surface area contributed by atoms with Crippen LogP contribution in [0.25, 0.3) is 11.3 Å². The van der Waals surface area contributed by atoms with Crippen LogP contribution in [0.15, 0.2) is 48.1 Å². The molecular weight excluding hydrogens is 336 g/mol. The Balaban J connectivity index is 1.55. The third kappa shape index (κ3) is 3.06. The molecule has 1 aromatic carbocycles. The summed E-state index contributed by atoms with van der Waals surface area (Å²) >= 11 is 1.32. The molecule has 1 aliphatic heterocycles. The van der Waals surface area contributed by atoms with Gasteiger partial charge in [0.25, 0.3) is 5.91 Å². The van der Waals surface area contributed by atoms with Gasteiger partial charge in [-0.1, -0.05) is 16.6 Å². The number of aromatic nitrogens is 4. The number of nitrogens with zero attached hydrogens (tertiary/aromatic N) is 4. The van der Waals surface area contributed by atoms with Crippen molar-refractivity contribution in [1.82, 2.24) is 24.7 Å². The largest absolute Gasteiger partial charge is 0.324 e. The standard InChI is InChI=1S/C17H18N6OS/c24-16(17(6-9-18-10-7-17)23-11-1-8-19-23)20-14-4-2-13(3-5-14)15-12-25-22-21-15/h1-5,8,11-12,18H,6-7,9-10H2,(H,20,24). The van der Waals surface area contributed by atoms with Crippen LogP contribution >= 0.6 is 11.5 Å². The summed E-state index contributed by atoms with van der Waals surface area (Å²) in [6, 6.07) is 9.52. The van der Waals surface area contributed by atoms with E-state index in [0.717, 1.165) is 30.0 Å². The number of anilines is 1. The van der Waals surface area contributed by atoms with Gasteiger partial charge in [-0.15, -0.1) is 5.10 Å². The lowest BCUT2D eigenvalue weighted by molar-refractivity contribution is -0.126. The normalized spacial score (nSPS) is 16.5. The Bertz CT molecular complexity index is 823. The highest BCUT2D eigenvalue weighted by Gasteiger charge is 2.42. The van der Waals surface area contributed by atoms with Crippen molar-refractivity contribution in [2.45, 2.75) is 18.4 Å². The lowest BCUT2D eigenvalue weighted by atomic mass is 9.87. The van der Waals surface area contributed by atoms with Crippen LogP contribution in [-0.2, 0) is 10.3 Å². The van der Waals surface area contributed by atoms with Crippen LogP contribution in [0, 0.1) is 0 Å². The topological polar surface area (TPSA) is 84.7 Å². The zero-order chi connectivity index (χ0) is 17.1. The van der Waals surface area contributed by atoms with E-state index in [0.29, 0.717) is 12.8 Å². The number of carbonyl (C=O) groups is 1. The van der Waals surface area contributed by atoms with Crippen molar-refractivity contribution in [2.75, 3.05) is 18.4 Å². The van der Waals surface area contributed by atoms with Crippen molar-refractivity contribution in [3.8, 4) is 11.3 Å². The second-order valence-electron chi connectivity index (χ2n) is 6.05. The fraction of sp³-hybridized carbons (Fsp3) is 0.294. The molecule has 8 heteroatoms. The molecule has 3 aromatic rings. The molecule has 1 fully saturated rings. The summed E-state index contributed by atoms with van der Waals surface area (Å²) in [5, 5.41) is 16.7. The molecule has 1 amide bonds. The van der Waals surface area contributed by atoms with Crippen LogP contribution in [-0.4, -0.2) is 38.4 Å². The first kappa shape index (κ1) is 15.9. The maximum Gasteiger partial charge on any atom is 0.252 e. The minimum Gasteiger partial charge on any atom is -0.324 e. The maximum atomic E-state index is 13.1. The van der Waals surface area contributed by atoms with Crippen molar-refractivity contribution in [3.63, 3.8) is 0 Å². The summed E-state index contributed by atoms with van der Waals surface area (Å²) in [5.41, 5.74) is 1.94. The smallest absolute Gasteiger partial charge is 0.252 e. The van der Waals surface area contributed by atoms with Crippen LogP contribution in [0.3, 0.4) is 0 Å². The average molecular weight is 354 g/mol. The maximum absolute atomic E-state index is 13.1. The van der Waals surface area contributed by atoms with Gasteiger partial charge in [-0.2, -0.15) is 5.10 Å². The second-order valence-corrected chi connectivity index (χ2v) is 6.66. The van der Waals surface area contributed by atoms with Crippen LogP contribution < -0.4 is 10.6 Å². The Morgan fingerprint density at radius 1 is 1.24 bits per heavy atom. The molecule has 0 unspecified atom stereocenters. The van der Waals surface area contributed by atoms with Crippen LogP contribution in [0.5, 0.6) is 0 Å². The SMILES string of the molecule is O=C(Nc1ccc(-c2csnn2)cc1)C1(n2cccn2)CCNCC1. The van der Waals surface area contributed by atoms with Gasteiger partial charge in [0, 0.05) is 29.0 Å². The fourth-order valence-electron chi connectivity index (χ4n) is 3.18. The molecule has 1 aliphatic rings. The summed E-state index contributed by atoms with van der Waals surface area (Å²) in [6.07, 6.45) is 5.00. The van der Waals surface area contributed by atoms with Crippen molar-refractivity contribution in [1.29, 1.82) is 0 Å². The van der Waals surface area contributed by atoms with Gasteiger partial charge in [0.15, 0.2) is 0 Å². The Morgan fingerprint density at radius 2 is 2.04 bits per heavy atom. The van der Waals surface area contributed by atoms with Gasteiger partial charge in [-0.05, 0) is 55.7 Å². The summed E-state index contributed by atoms with van der Waals surface area (Å²) in [7, 11) is 0. The Labute approximate surface area is 149 Å². The molecule has 4 rings (SSSR count). The summed E-state index contributed by atoms with van der Waals surface area (Å²) in [4.78, 5) is 13.1. The summed E-state index contributed by atoms with van der Waals surface area (Å²) in [5.74, 6) is -0.0271. The van der Waals surface area contributed by atoms with E-state index in [1.54, 1.807) is 10.9 Å². The number of benzene rings is 1. The van der Waals surface area contributed by atoms with Crippen molar-refractivity contribution < 1.29 is 4.79 Å². The number of hydrogen-bond donors (Lipinski definition) is 2. The van der Waals surface area contributed by atoms with E-state index in [1.807, 2.05) is 41.9 Å². The first-order valence-electron chi connectivity index (χ1n) is 8.18. The van der Waals surface area contributed by atoms with Crippen LogP contribution in [0.4, 0.5) is 5.69 Å². The molecule has 25 heavy (non-hydrogen) atoms. The number of nitrogens with one attached hydrogen (secondary N) is 2. The van der Waals surface area contributed by atoms with E-state index in [4.69, 9.17) is 0 Å². The van der Waals surface area contributed by atoms with Gasteiger partial charge < -0.3 is 10.6 Å². The number of hydrogen-bond acceptors (Lipinski definition) is 6. The highest BCUT2D eigenvalue weighted by Crippen LogP contribution is 2.29. The quantitative estimate of drug-likeness (QED) is 0.750. The van der Waals surface area contributed by atoms with Gasteiger partial charge in [0.1, 0.15) is 11.2 Å². The molecule has 0 radical (unpaired) electrons. The monoisotopic (exact) mass is 354 g/mol. The predicted octanol–water partition coefficient (Wildman–Crippen LogP) is 2.12. The molecule has 0 saturated carbocycles. The molecule has 0 aliphatic carbocycles. The van der Waals surface area contributed by atoms with E-state index in [2.05, 4.69) is 25.3 Å². The molecule has 3 heterocycles. The molecule has 2 N–H and O–H groups in total. The number of amides is 1. The van der Waals surface area contributed by atoms with Gasteiger partial charge in [0.05, 0.1) is 0 Å². The van der Waals surface area contributed by atoms with E-state index in [9.17, 15) is 4.79 Å². The average Bonchev–Trinajstić information content (AvgIpc) is 3.37. The van der Waals surface area contributed by atoms with Crippen LogP contribution in [0.2, 0.25) is 0 Å². The van der Waals surface area contributed by atoms with Gasteiger partial charge >= 0.3 is 0 Å². The van der Waals surface area contributed by atoms with E-state index in [-0.39, 0.29) is 5.91 Å². The third-order valence-electron chi connectivity index (χ3n) is 4.59. The van der Waals surface area contributed by atoms with E-state index < -0.39 is 5.54 Å². The molecule has 2 aromatic heterocycles. The number of piperidine rings is 1. The highest BCUT2D eigenvalue weighted by atomic mass is 32.1. The second kappa shape index (κ2) is 6.73. The molecule has 0 atom stereocenters. The molecular formula is C17H18N6OS. The Morgan fingerprint density at radius 3 is 2.68 bits per heavy atom. The Hall–Kier alpha value is -2.58. The number of rotatable bonds is 4. The van der Waals surface area contributed by atoms with Crippen LogP contribution in [0.1, 0.15) is 12.8 Å². The van der Waals surface area contributed by atoms with E-state index >= 15 is 0 Å². The van der Waals surface area contributed by atoms with Crippen molar-refractivity contribution in [2.24, 2.45) is 0 Å². The van der Waals surface area contributed by atoms with Gasteiger partial charge in [-0.3, -0.25) is 9.48 Å².